The molecule has 1 aliphatic heterocycles. The normalized spacial score (nSPS) is 16.5. The third kappa shape index (κ3) is 3.95. The van der Waals surface area contributed by atoms with Crippen molar-refractivity contribution in [3.8, 4) is 11.3 Å². The quantitative estimate of drug-likeness (QED) is 0.535. The van der Waals surface area contributed by atoms with E-state index in [4.69, 9.17) is 4.98 Å². The Labute approximate surface area is 195 Å². The van der Waals surface area contributed by atoms with Gasteiger partial charge in [0.2, 0.25) is 5.95 Å². The number of rotatable bonds is 2. The minimum Gasteiger partial charge on any atom is -0.357 e. The van der Waals surface area contributed by atoms with Crippen LogP contribution in [0.4, 0.5) is 29.6 Å². The van der Waals surface area contributed by atoms with Crippen molar-refractivity contribution in [1.29, 1.82) is 0 Å². The number of urea groups is 1. The van der Waals surface area contributed by atoms with Crippen molar-refractivity contribution in [3.05, 3.63) is 71.4 Å². The number of hydrogen-bond donors (Lipinski definition) is 2. The number of carbonyl (C=O) groups is 1. The molecule has 0 bridgehead atoms. The van der Waals surface area contributed by atoms with Gasteiger partial charge in [0.15, 0.2) is 0 Å². The Balaban J connectivity index is 1.32. The first-order valence-corrected chi connectivity index (χ1v) is 11.2. The molecule has 1 fully saturated rings. The lowest BCUT2D eigenvalue weighted by Crippen LogP contribution is -2.48. The van der Waals surface area contributed by atoms with Crippen LogP contribution >= 0.6 is 0 Å². The summed E-state index contributed by atoms with van der Waals surface area (Å²) in [5.41, 5.74) is 3.87. The molecule has 2 amide bonds. The highest BCUT2D eigenvalue weighted by Gasteiger charge is 2.42. The van der Waals surface area contributed by atoms with Crippen LogP contribution in [0.1, 0.15) is 29.5 Å². The molecular weight excluding hydrogens is 443 g/mol. The lowest BCUT2D eigenvalue weighted by molar-refractivity contribution is -0.137. The lowest BCUT2D eigenvalue weighted by atomic mass is 9.64. The summed E-state index contributed by atoms with van der Waals surface area (Å²) in [6, 6.07) is 12.5. The summed E-state index contributed by atoms with van der Waals surface area (Å²) < 4.78 is 38.3. The van der Waals surface area contributed by atoms with E-state index < -0.39 is 11.7 Å². The monoisotopic (exact) mass is 467 g/mol. The summed E-state index contributed by atoms with van der Waals surface area (Å²) >= 11 is 0. The van der Waals surface area contributed by atoms with Crippen LogP contribution in [0.3, 0.4) is 0 Å². The van der Waals surface area contributed by atoms with Gasteiger partial charge in [0.25, 0.3) is 0 Å². The molecule has 6 nitrogen and oxygen atoms in total. The number of amides is 2. The van der Waals surface area contributed by atoms with Crippen molar-refractivity contribution in [2.45, 2.75) is 30.9 Å². The SMILES string of the molecule is CNc1ncc2c(n1)-c1ccccc1C1(CCN(C(=O)Nc3ccc(C(F)(F)F)cc3)CC1)C2. The summed E-state index contributed by atoms with van der Waals surface area (Å²) in [6.07, 6.45) is -0.166. The number of likely N-dealkylation sites (tertiary alicyclic amines) is 1. The van der Waals surface area contributed by atoms with Crippen LogP contribution in [0, 0.1) is 0 Å². The molecule has 3 aromatic rings. The maximum Gasteiger partial charge on any atom is 0.416 e. The molecule has 1 spiro atoms. The second kappa shape index (κ2) is 8.30. The van der Waals surface area contributed by atoms with Gasteiger partial charge in [-0.3, -0.25) is 0 Å². The Morgan fingerprint density at radius 1 is 1.06 bits per heavy atom. The zero-order valence-electron chi connectivity index (χ0n) is 18.6. The summed E-state index contributed by atoms with van der Waals surface area (Å²) in [5.74, 6) is 0.583. The van der Waals surface area contributed by atoms with Crippen molar-refractivity contribution in [3.63, 3.8) is 0 Å². The number of anilines is 2. The van der Waals surface area contributed by atoms with Crippen LogP contribution in [0.25, 0.3) is 11.3 Å². The smallest absolute Gasteiger partial charge is 0.357 e. The van der Waals surface area contributed by atoms with Crippen molar-refractivity contribution in [2.75, 3.05) is 30.8 Å². The first-order valence-electron chi connectivity index (χ1n) is 11.2. The maximum absolute atomic E-state index is 12.8. The minimum atomic E-state index is -4.40. The molecule has 2 heterocycles. The van der Waals surface area contributed by atoms with Gasteiger partial charge in [0, 0.05) is 43.0 Å². The lowest BCUT2D eigenvalue weighted by Gasteiger charge is -2.45. The number of fused-ring (bicyclic) bond motifs is 4. The molecule has 34 heavy (non-hydrogen) atoms. The van der Waals surface area contributed by atoms with E-state index in [9.17, 15) is 18.0 Å². The topological polar surface area (TPSA) is 70.2 Å². The molecule has 2 N–H and O–H groups in total. The number of halogens is 3. The van der Waals surface area contributed by atoms with E-state index >= 15 is 0 Å². The number of nitrogens with zero attached hydrogens (tertiary/aromatic N) is 3. The van der Waals surface area contributed by atoms with Gasteiger partial charge >= 0.3 is 12.2 Å². The Hall–Kier alpha value is -3.62. The predicted molar refractivity (Wildman–Crippen MR) is 124 cm³/mol. The average Bonchev–Trinajstić information content (AvgIpc) is 2.84. The molecule has 5 rings (SSSR count). The van der Waals surface area contributed by atoms with Crippen molar-refractivity contribution >= 4 is 17.7 Å². The fourth-order valence-corrected chi connectivity index (χ4v) is 5.03. The van der Waals surface area contributed by atoms with E-state index in [1.807, 2.05) is 18.3 Å². The first kappa shape index (κ1) is 22.2. The first-order chi connectivity index (χ1) is 16.3. The van der Waals surface area contributed by atoms with E-state index in [0.29, 0.717) is 24.7 Å². The van der Waals surface area contributed by atoms with Gasteiger partial charge in [0.1, 0.15) is 0 Å². The van der Waals surface area contributed by atoms with Crippen LogP contribution in [-0.2, 0) is 18.0 Å². The highest BCUT2D eigenvalue weighted by Crippen LogP contribution is 2.48. The predicted octanol–water partition coefficient (Wildman–Crippen LogP) is 5.33. The number of hydrogen-bond acceptors (Lipinski definition) is 4. The molecule has 0 atom stereocenters. The Morgan fingerprint density at radius 2 is 1.76 bits per heavy atom. The molecule has 2 aliphatic rings. The molecule has 0 unspecified atom stereocenters. The maximum atomic E-state index is 12.8. The fraction of sp³-hybridized carbons (Fsp3) is 0.320. The minimum absolute atomic E-state index is 0.112. The summed E-state index contributed by atoms with van der Waals surface area (Å²) in [4.78, 5) is 23.6. The van der Waals surface area contributed by atoms with E-state index in [1.54, 1.807) is 11.9 Å². The van der Waals surface area contributed by atoms with E-state index in [1.165, 1.54) is 17.7 Å². The molecule has 1 aromatic heterocycles. The van der Waals surface area contributed by atoms with Crippen LogP contribution in [0.2, 0.25) is 0 Å². The van der Waals surface area contributed by atoms with Crippen LogP contribution in [-0.4, -0.2) is 41.0 Å². The molecule has 2 aromatic carbocycles. The van der Waals surface area contributed by atoms with Gasteiger partial charge in [-0.05, 0) is 54.7 Å². The highest BCUT2D eigenvalue weighted by molar-refractivity contribution is 5.89. The average molecular weight is 467 g/mol. The molecule has 0 radical (unpaired) electrons. The molecule has 9 heteroatoms. The Kier molecular flexibility index (Phi) is 5.42. The van der Waals surface area contributed by atoms with Crippen LogP contribution < -0.4 is 10.6 Å². The van der Waals surface area contributed by atoms with Gasteiger partial charge in [-0.25, -0.2) is 14.8 Å². The number of piperidine rings is 1. The van der Waals surface area contributed by atoms with Crippen LogP contribution in [0.15, 0.2) is 54.7 Å². The zero-order chi connectivity index (χ0) is 23.9. The van der Waals surface area contributed by atoms with Crippen molar-refractivity contribution in [1.82, 2.24) is 14.9 Å². The Bertz CT molecular complexity index is 1220. The number of aromatic nitrogens is 2. The number of carbonyl (C=O) groups excluding carboxylic acids is 1. The van der Waals surface area contributed by atoms with Gasteiger partial charge in [0.05, 0.1) is 11.3 Å². The second-order valence-corrected chi connectivity index (χ2v) is 8.81. The second-order valence-electron chi connectivity index (χ2n) is 8.81. The number of alkyl halides is 3. The largest absolute Gasteiger partial charge is 0.416 e. The third-order valence-corrected chi connectivity index (χ3v) is 6.84. The van der Waals surface area contributed by atoms with Gasteiger partial charge < -0.3 is 15.5 Å². The number of nitrogens with one attached hydrogen (secondary N) is 2. The third-order valence-electron chi connectivity index (χ3n) is 6.84. The fourth-order valence-electron chi connectivity index (χ4n) is 5.03. The van der Waals surface area contributed by atoms with Crippen molar-refractivity contribution in [2.24, 2.45) is 0 Å². The molecule has 176 valence electrons. The van der Waals surface area contributed by atoms with Gasteiger partial charge in [-0.1, -0.05) is 24.3 Å². The molecular formula is C25H24F3N5O. The highest BCUT2D eigenvalue weighted by atomic mass is 19.4. The number of benzene rings is 2. The summed E-state index contributed by atoms with van der Waals surface area (Å²) in [5, 5.41) is 5.72. The summed E-state index contributed by atoms with van der Waals surface area (Å²) in [6.45, 7) is 1.09. The van der Waals surface area contributed by atoms with Gasteiger partial charge in [-0.2, -0.15) is 13.2 Å². The van der Waals surface area contributed by atoms with E-state index in [2.05, 4.69) is 27.8 Å². The summed E-state index contributed by atoms with van der Waals surface area (Å²) in [7, 11) is 1.80. The van der Waals surface area contributed by atoms with Crippen LogP contribution in [0.5, 0.6) is 0 Å². The van der Waals surface area contributed by atoms with E-state index in [-0.39, 0.29) is 11.4 Å². The molecule has 1 aliphatic carbocycles. The molecule has 0 saturated carbocycles. The van der Waals surface area contributed by atoms with E-state index in [0.717, 1.165) is 48.2 Å². The van der Waals surface area contributed by atoms with Crippen molar-refractivity contribution < 1.29 is 18.0 Å². The van der Waals surface area contributed by atoms with Gasteiger partial charge in [-0.15, -0.1) is 0 Å². The Morgan fingerprint density at radius 3 is 2.44 bits per heavy atom. The zero-order valence-corrected chi connectivity index (χ0v) is 18.6. The molecule has 1 saturated heterocycles. The standard InChI is InChI=1S/C25H24F3N5O/c1-29-22-30-15-16-14-24(20-5-3-2-4-19(20)21(16)32-22)10-12-33(13-11-24)23(34)31-18-8-6-17(7-9-18)25(26,27)28/h2-9,15H,10-14H2,1H3,(H,31,34)(H,29,30,32).